The topological polar surface area (TPSA) is 98.0 Å². The first-order chi connectivity index (χ1) is 2.73. The van der Waals surface area contributed by atoms with Crippen LogP contribution in [0.3, 0.4) is 0 Å². The van der Waals surface area contributed by atoms with Crippen molar-refractivity contribution in [2.24, 2.45) is 0 Å². The SMILES string of the molecule is O=C(O)O.OO.[NaH]. The minimum absolute atomic E-state index is 0. The quantitative estimate of drug-likeness (QED) is 0.198. The van der Waals surface area contributed by atoms with Crippen LogP contribution in [0.1, 0.15) is 0 Å². The molecule has 6 heteroatoms. The summed E-state index contributed by atoms with van der Waals surface area (Å²) in [7, 11) is 0. The van der Waals surface area contributed by atoms with Gasteiger partial charge in [-0.3, -0.25) is 10.5 Å². The van der Waals surface area contributed by atoms with E-state index in [0.29, 0.717) is 0 Å². The molecule has 0 aliphatic carbocycles. The first-order valence-corrected chi connectivity index (χ1v) is 0.851. The van der Waals surface area contributed by atoms with Crippen LogP contribution in [-0.4, -0.2) is 56.4 Å². The van der Waals surface area contributed by atoms with Gasteiger partial charge in [0, 0.05) is 0 Å². The predicted octanol–water partition coefficient (Wildman–Crippen LogP) is -0.409. The number of carboxylic acid groups (broad SMARTS) is 2. The summed E-state index contributed by atoms with van der Waals surface area (Å²) in [4.78, 5) is 8.56. The molecule has 0 atom stereocenters. The molecule has 0 aromatic rings. The maximum atomic E-state index is 8.56. The van der Waals surface area contributed by atoms with Crippen LogP contribution in [0.25, 0.3) is 0 Å². The van der Waals surface area contributed by atoms with Crippen LogP contribution in [-0.2, 0) is 0 Å². The van der Waals surface area contributed by atoms with Crippen LogP contribution in [0.15, 0.2) is 0 Å². The summed E-state index contributed by atoms with van der Waals surface area (Å²) >= 11 is 0. The van der Waals surface area contributed by atoms with Crippen molar-refractivity contribution in [1.82, 2.24) is 0 Å². The summed E-state index contributed by atoms with van der Waals surface area (Å²) in [5, 5.41) is 25.9. The Bertz CT molecular complexity index is 31.1. The van der Waals surface area contributed by atoms with E-state index in [1.165, 1.54) is 0 Å². The number of rotatable bonds is 0. The molecular formula is CH5NaO5. The fraction of sp³-hybridized carbons (Fsp3) is 0. The second-order valence-corrected chi connectivity index (χ2v) is 0.283. The van der Waals surface area contributed by atoms with E-state index in [2.05, 4.69) is 0 Å². The summed E-state index contributed by atoms with van der Waals surface area (Å²) in [5.74, 6) is 0. The average molecular weight is 120 g/mol. The molecule has 7 heavy (non-hydrogen) atoms. The monoisotopic (exact) mass is 120 g/mol. The van der Waals surface area contributed by atoms with Crippen LogP contribution in [0.4, 0.5) is 4.79 Å². The van der Waals surface area contributed by atoms with Gasteiger partial charge >= 0.3 is 35.7 Å². The van der Waals surface area contributed by atoms with Crippen LogP contribution >= 0.6 is 0 Å². The summed E-state index contributed by atoms with van der Waals surface area (Å²) in [5.41, 5.74) is 0. The summed E-state index contributed by atoms with van der Waals surface area (Å²) in [6, 6.07) is 0. The molecular weight excluding hydrogens is 115 g/mol. The Labute approximate surface area is 61.4 Å². The molecule has 0 aliphatic heterocycles. The van der Waals surface area contributed by atoms with Crippen LogP contribution in [0.2, 0.25) is 0 Å². The second kappa shape index (κ2) is 16.4. The zero-order valence-electron chi connectivity index (χ0n) is 2.70. The Morgan fingerprint density at radius 3 is 1.14 bits per heavy atom. The Morgan fingerprint density at radius 2 is 1.14 bits per heavy atom. The minimum atomic E-state index is -1.83. The molecule has 5 nitrogen and oxygen atoms in total. The van der Waals surface area contributed by atoms with Gasteiger partial charge in [0.1, 0.15) is 0 Å². The van der Waals surface area contributed by atoms with E-state index in [1.807, 2.05) is 0 Å². The average Bonchev–Trinajstić information content (AvgIpc) is 1.41. The Kier molecular flexibility index (Phi) is 36.7. The van der Waals surface area contributed by atoms with Crippen molar-refractivity contribution in [2.45, 2.75) is 0 Å². The third-order valence-corrected chi connectivity index (χ3v) is 0. The van der Waals surface area contributed by atoms with E-state index in [-0.39, 0.29) is 29.6 Å². The van der Waals surface area contributed by atoms with Gasteiger partial charge in [0.05, 0.1) is 0 Å². The van der Waals surface area contributed by atoms with Crippen LogP contribution < -0.4 is 0 Å². The van der Waals surface area contributed by atoms with Crippen molar-refractivity contribution < 1.29 is 25.5 Å². The van der Waals surface area contributed by atoms with Crippen molar-refractivity contribution in [3.05, 3.63) is 0 Å². The van der Waals surface area contributed by atoms with Crippen molar-refractivity contribution in [1.29, 1.82) is 0 Å². The molecule has 0 rings (SSSR count). The predicted molar refractivity (Wildman–Crippen MR) is 23.1 cm³/mol. The van der Waals surface area contributed by atoms with E-state index >= 15 is 0 Å². The molecule has 0 aromatic heterocycles. The van der Waals surface area contributed by atoms with Crippen molar-refractivity contribution in [3.63, 3.8) is 0 Å². The Hall–Kier alpha value is 0.190. The van der Waals surface area contributed by atoms with Gasteiger partial charge in [0.25, 0.3) is 0 Å². The van der Waals surface area contributed by atoms with E-state index in [4.69, 9.17) is 25.5 Å². The summed E-state index contributed by atoms with van der Waals surface area (Å²) in [6.45, 7) is 0. The van der Waals surface area contributed by atoms with Gasteiger partial charge in [-0.2, -0.15) is 0 Å². The molecule has 0 aliphatic rings. The van der Waals surface area contributed by atoms with Gasteiger partial charge < -0.3 is 10.2 Å². The molecule has 4 N–H and O–H groups in total. The molecule has 0 radical (unpaired) electrons. The molecule has 0 spiro atoms. The fourth-order valence-electron chi connectivity index (χ4n) is 0. The third kappa shape index (κ3) is 3010. The normalized spacial score (nSPS) is 4.29. The zero-order chi connectivity index (χ0) is 5.58. The van der Waals surface area contributed by atoms with Gasteiger partial charge in [0.15, 0.2) is 0 Å². The van der Waals surface area contributed by atoms with Gasteiger partial charge in [0.2, 0.25) is 0 Å². The van der Waals surface area contributed by atoms with E-state index < -0.39 is 6.16 Å². The fourth-order valence-corrected chi connectivity index (χ4v) is 0. The molecule has 0 amide bonds. The van der Waals surface area contributed by atoms with E-state index in [0.717, 1.165) is 0 Å². The molecule has 40 valence electrons. The van der Waals surface area contributed by atoms with Crippen molar-refractivity contribution >= 4 is 35.7 Å². The molecule has 0 bridgehead atoms. The third-order valence-electron chi connectivity index (χ3n) is 0. The number of hydrogen-bond acceptors (Lipinski definition) is 3. The van der Waals surface area contributed by atoms with Crippen molar-refractivity contribution in [2.75, 3.05) is 0 Å². The van der Waals surface area contributed by atoms with Crippen LogP contribution in [0.5, 0.6) is 0 Å². The van der Waals surface area contributed by atoms with E-state index in [9.17, 15) is 0 Å². The van der Waals surface area contributed by atoms with Gasteiger partial charge in [-0.15, -0.1) is 0 Å². The van der Waals surface area contributed by atoms with Crippen LogP contribution in [0, 0.1) is 0 Å². The molecule has 0 saturated carbocycles. The standard InChI is InChI=1S/CH2O3.Na.H2O2.H/c2-1(3)4;;1-2;/h(H2,2,3,4);;1-2H;. The Balaban J connectivity index is -0.0000000480. The van der Waals surface area contributed by atoms with Crippen molar-refractivity contribution in [3.8, 4) is 0 Å². The maximum absolute atomic E-state index is 8.56. The molecule has 0 unspecified atom stereocenters. The van der Waals surface area contributed by atoms with Gasteiger partial charge in [-0.1, -0.05) is 0 Å². The summed E-state index contributed by atoms with van der Waals surface area (Å²) < 4.78 is 0. The summed E-state index contributed by atoms with van der Waals surface area (Å²) in [6.07, 6.45) is -1.83. The first kappa shape index (κ1) is 15.7. The number of hydrogen-bond donors (Lipinski definition) is 4. The zero-order valence-corrected chi connectivity index (χ0v) is 2.70. The van der Waals surface area contributed by atoms with Gasteiger partial charge in [-0.25, -0.2) is 4.79 Å². The molecule has 0 heterocycles. The van der Waals surface area contributed by atoms with Gasteiger partial charge in [-0.05, 0) is 0 Å². The molecule has 0 saturated heterocycles. The molecule has 0 aromatic carbocycles. The molecule has 0 fully saturated rings. The van der Waals surface area contributed by atoms with E-state index in [1.54, 1.807) is 0 Å². The Morgan fingerprint density at radius 1 is 1.14 bits per heavy atom. The number of carbonyl (C=O) groups is 1. The second-order valence-electron chi connectivity index (χ2n) is 0.283. The first-order valence-electron chi connectivity index (χ1n) is 0.851.